The molecular formula is C21H20F3N3O2. The van der Waals surface area contributed by atoms with Gasteiger partial charge in [-0.2, -0.15) is 0 Å². The summed E-state index contributed by atoms with van der Waals surface area (Å²) in [5.41, 5.74) is 2.35. The lowest BCUT2D eigenvalue weighted by Gasteiger charge is -2.33. The summed E-state index contributed by atoms with van der Waals surface area (Å²) in [6.45, 7) is 1.75. The summed E-state index contributed by atoms with van der Waals surface area (Å²) in [4.78, 5) is 11.4. The first-order valence-electron chi connectivity index (χ1n) is 9.19. The Labute approximate surface area is 165 Å². The van der Waals surface area contributed by atoms with Crippen LogP contribution in [0.2, 0.25) is 0 Å². The van der Waals surface area contributed by atoms with Crippen LogP contribution in [0, 0.1) is 12.7 Å². The van der Waals surface area contributed by atoms with E-state index < -0.39 is 11.7 Å². The number of nitrogens with one attached hydrogen (secondary N) is 1. The molecule has 152 valence electrons. The minimum atomic E-state index is -2.60. The van der Waals surface area contributed by atoms with Crippen molar-refractivity contribution in [3.05, 3.63) is 59.6 Å². The number of alkyl halides is 2. The van der Waals surface area contributed by atoms with Crippen molar-refractivity contribution < 1.29 is 22.6 Å². The van der Waals surface area contributed by atoms with Gasteiger partial charge in [0.2, 0.25) is 5.92 Å². The van der Waals surface area contributed by atoms with E-state index in [0.717, 1.165) is 11.1 Å². The number of ether oxygens (including phenoxy) is 2. The van der Waals surface area contributed by atoms with E-state index in [-0.39, 0.29) is 31.1 Å². The highest BCUT2D eigenvalue weighted by molar-refractivity contribution is 5.68. The number of aromatic amines is 1. The molecule has 0 bridgehead atoms. The molecule has 1 aliphatic rings. The van der Waals surface area contributed by atoms with Gasteiger partial charge in [-0.1, -0.05) is 0 Å². The molecule has 1 fully saturated rings. The first-order valence-corrected chi connectivity index (χ1v) is 9.19. The fourth-order valence-electron chi connectivity index (χ4n) is 3.34. The van der Waals surface area contributed by atoms with Gasteiger partial charge in [-0.25, -0.2) is 18.2 Å². The van der Waals surface area contributed by atoms with Crippen LogP contribution in [0.4, 0.5) is 13.2 Å². The first-order chi connectivity index (χ1) is 13.8. The van der Waals surface area contributed by atoms with Gasteiger partial charge in [0.15, 0.2) is 0 Å². The number of hydrogen-bond donors (Lipinski definition) is 1. The van der Waals surface area contributed by atoms with Gasteiger partial charge in [-0.05, 0) is 30.7 Å². The summed E-state index contributed by atoms with van der Waals surface area (Å²) < 4.78 is 51.2. The molecule has 1 N–H and O–H groups in total. The number of methoxy groups -OCH3 is 1. The Morgan fingerprint density at radius 3 is 2.66 bits per heavy atom. The molecular weight excluding hydrogens is 383 g/mol. The van der Waals surface area contributed by atoms with Crippen LogP contribution in [-0.4, -0.2) is 28.0 Å². The molecule has 2 aromatic heterocycles. The lowest BCUT2D eigenvalue weighted by Crippen LogP contribution is -2.34. The van der Waals surface area contributed by atoms with Crippen molar-refractivity contribution in [2.45, 2.75) is 38.2 Å². The maximum Gasteiger partial charge on any atom is 0.249 e. The van der Waals surface area contributed by atoms with Crippen molar-refractivity contribution in [3.8, 4) is 22.8 Å². The van der Waals surface area contributed by atoms with Crippen molar-refractivity contribution in [1.82, 2.24) is 15.0 Å². The lowest BCUT2D eigenvalue weighted by atomic mass is 9.81. The molecule has 4 rings (SSSR count). The fourth-order valence-corrected chi connectivity index (χ4v) is 3.34. The van der Waals surface area contributed by atoms with E-state index in [4.69, 9.17) is 9.47 Å². The summed E-state index contributed by atoms with van der Waals surface area (Å²) in [6.07, 6.45) is 2.82. The Bertz CT molecular complexity index is 1030. The van der Waals surface area contributed by atoms with Gasteiger partial charge in [0.1, 0.15) is 35.4 Å². The van der Waals surface area contributed by atoms with Crippen LogP contribution >= 0.6 is 0 Å². The number of pyridine rings is 1. The number of imidazole rings is 1. The Kier molecular flexibility index (Phi) is 4.94. The second kappa shape index (κ2) is 7.42. The highest BCUT2D eigenvalue weighted by atomic mass is 19.3. The molecule has 1 aromatic carbocycles. The van der Waals surface area contributed by atoms with Gasteiger partial charge >= 0.3 is 0 Å². The van der Waals surface area contributed by atoms with Gasteiger partial charge in [0, 0.05) is 36.6 Å². The van der Waals surface area contributed by atoms with Gasteiger partial charge < -0.3 is 14.5 Å². The molecule has 3 aromatic rings. The lowest BCUT2D eigenvalue weighted by molar-refractivity contribution is -0.0883. The van der Waals surface area contributed by atoms with E-state index in [1.165, 1.54) is 13.2 Å². The molecule has 0 atom stereocenters. The number of H-pyrrole nitrogens is 1. The van der Waals surface area contributed by atoms with Crippen molar-refractivity contribution in [3.63, 3.8) is 0 Å². The molecule has 1 saturated carbocycles. The van der Waals surface area contributed by atoms with Gasteiger partial charge in [0.05, 0.1) is 19.0 Å². The van der Waals surface area contributed by atoms with E-state index in [0.29, 0.717) is 23.0 Å². The predicted octanol–water partition coefficient (Wildman–Crippen LogP) is 5.02. The van der Waals surface area contributed by atoms with Crippen LogP contribution in [0.15, 0.2) is 36.7 Å². The molecule has 0 saturated heterocycles. The Balaban J connectivity index is 1.49. The standard InChI is InChI=1S/C21H20F3N3O2/c1-12-5-16(22)18(25-9-12)11-29-14-3-4-15(19(6-14)28-2)17-10-26-20(27-17)13-7-21(23,24)8-13/h3-6,9-10,13H,7-8,11H2,1-2H3,(H,26,27). The molecule has 29 heavy (non-hydrogen) atoms. The predicted molar refractivity (Wildman–Crippen MR) is 101 cm³/mol. The molecule has 0 spiro atoms. The maximum atomic E-state index is 13.9. The SMILES string of the molecule is COc1cc(OCc2ncc(C)cc2F)ccc1-c1cnc(C2CC(F)(F)C2)[nH]1. The molecule has 2 heterocycles. The van der Waals surface area contributed by atoms with E-state index in [1.807, 2.05) is 0 Å². The maximum absolute atomic E-state index is 13.9. The summed E-state index contributed by atoms with van der Waals surface area (Å²) >= 11 is 0. The molecule has 0 amide bonds. The number of aromatic nitrogens is 3. The van der Waals surface area contributed by atoms with E-state index in [9.17, 15) is 13.2 Å². The Morgan fingerprint density at radius 2 is 1.97 bits per heavy atom. The zero-order valence-corrected chi connectivity index (χ0v) is 16.0. The second-order valence-electron chi connectivity index (χ2n) is 7.24. The minimum absolute atomic E-state index is 0.0152. The van der Waals surface area contributed by atoms with Crippen LogP contribution in [0.1, 0.15) is 35.8 Å². The summed E-state index contributed by atoms with van der Waals surface area (Å²) in [7, 11) is 1.52. The van der Waals surface area contributed by atoms with Gasteiger partial charge in [0.25, 0.3) is 0 Å². The number of hydrogen-bond acceptors (Lipinski definition) is 4. The average Bonchev–Trinajstić information content (AvgIpc) is 3.14. The largest absolute Gasteiger partial charge is 0.496 e. The van der Waals surface area contributed by atoms with E-state index >= 15 is 0 Å². The molecule has 0 aliphatic heterocycles. The highest BCUT2D eigenvalue weighted by Crippen LogP contribution is 2.47. The average molecular weight is 403 g/mol. The van der Waals surface area contributed by atoms with Crippen molar-refractivity contribution >= 4 is 0 Å². The Morgan fingerprint density at radius 1 is 1.17 bits per heavy atom. The second-order valence-corrected chi connectivity index (χ2v) is 7.24. The van der Waals surface area contributed by atoms with E-state index in [1.54, 1.807) is 37.5 Å². The van der Waals surface area contributed by atoms with Crippen LogP contribution < -0.4 is 9.47 Å². The normalized spacial score (nSPS) is 15.8. The number of nitrogens with zero attached hydrogens (tertiary/aromatic N) is 2. The van der Waals surface area contributed by atoms with E-state index in [2.05, 4.69) is 15.0 Å². The molecule has 8 heteroatoms. The third-order valence-corrected chi connectivity index (χ3v) is 4.97. The monoisotopic (exact) mass is 403 g/mol. The van der Waals surface area contributed by atoms with Crippen molar-refractivity contribution in [2.24, 2.45) is 0 Å². The Hall–Kier alpha value is -3.03. The molecule has 0 radical (unpaired) electrons. The third kappa shape index (κ3) is 4.06. The zero-order valence-electron chi connectivity index (χ0n) is 16.0. The van der Waals surface area contributed by atoms with Crippen molar-refractivity contribution in [2.75, 3.05) is 7.11 Å². The summed E-state index contributed by atoms with van der Waals surface area (Å²) in [6, 6.07) is 6.59. The topological polar surface area (TPSA) is 60.0 Å². The number of halogens is 3. The summed E-state index contributed by atoms with van der Waals surface area (Å²) in [5, 5.41) is 0. The fraction of sp³-hybridized carbons (Fsp3) is 0.333. The highest BCUT2D eigenvalue weighted by Gasteiger charge is 2.47. The number of aryl methyl sites for hydroxylation is 1. The van der Waals surface area contributed by atoms with Crippen LogP contribution in [0.5, 0.6) is 11.5 Å². The first kappa shape index (κ1) is 19.3. The summed E-state index contributed by atoms with van der Waals surface area (Å²) in [5.74, 6) is -1.71. The quantitative estimate of drug-likeness (QED) is 0.628. The zero-order chi connectivity index (χ0) is 20.6. The molecule has 5 nitrogen and oxygen atoms in total. The number of rotatable bonds is 6. The van der Waals surface area contributed by atoms with Crippen molar-refractivity contribution in [1.29, 1.82) is 0 Å². The third-order valence-electron chi connectivity index (χ3n) is 4.97. The molecule has 1 aliphatic carbocycles. The van der Waals surface area contributed by atoms with Gasteiger partial charge in [-0.3, -0.25) is 4.98 Å². The smallest absolute Gasteiger partial charge is 0.249 e. The minimum Gasteiger partial charge on any atom is -0.496 e. The van der Waals surface area contributed by atoms with Crippen LogP contribution in [0.3, 0.4) is 0 Å². The number of benzene rings is 1. The van der Waals surface area contributed by atoms with Crippen LogP contribution in [-0.2, 0) is 6.61 Å². The molecule has 0 unspecified atom stereocenters. The van der Waals surface area contributed by atoms with Crippen LogP contribution in [0.25, 0.3) is 11.3 Å². The van der Waals surface area contributed by atoms with Gasteiger partial charge in [-0.15, -0.1) is 0 Å².